The zero-order chi connectivity index (χ0) is 20.1. The van der Waals surface area contributed by atoms with E-state index in [9.17, 15) is 9.59 Å². The monoisotopic (exact) mass is 439 g/mol. The van der Waals surface area contributed by atoms with E-state index in [1.165, 1.54) is 7.11 Å². The summed E-state index contributed by atoms with van der Waals surface area (Å²) in [5, 5.41) is 1.01. The molecule has 0 atom stereocenters. The number of benzene rings is 2. The average molecular weight is 440 g/mol. The van der Waals surface area contributed by atoms with E-state index in [1.807, 2.05) is 24.3 Å². The van der Waals surface area contributed by atoms with Gasteiger partial charge in [0.05, 0.1) is 12.7 Å². The molecule has 1 aromatic heterocycles. The second-order valence-electron chi connectivity index (χ2n) is 8.20. The molecule has 4 rings (SSSR count). The zero-order valence-electron chi connectivity index (χ0n) is 16.2. The molecule has 0 fully saturated rings. The molecule has 2 aromatic carbocycles. The van der Waals surface area contributed by atoms with Crippen molar-refractivity contribution in [2.45, 2.75) is 33.2 Å². The van der Waals surface area contributed by atoms with Crippen LogP contribution < -0.4 is 0 Å². The van der Waals surface area contributed by atoms with E-state index < -0.39 is 0 Å². The van der Waals surface area contributed by atoms with Crippen molar-refractivity contribution in [3.63, 3.8) is 0 Å². The Balaban J connectivity index is 1.83. The third-order valence-corrected chi connectivity index (χ3v) is 5.91. The van der Waals surface area contributed by atoms with Crippen molar-refractivity contribution in [2.24, 2.45) is 5.41 Å². The highest BCUT2D eigenvalue weighted by molar-refractivity contribution is 9.10. The van der Waals surface area contributed by atoms with Crippen molar-refractivity contribution < 1.29 is 14.3 Å². The van der Waals surface area contributed by atoms with E-state index in [2.05, 4.69) is 40.4 Å². The van der Waals surface area contributed by atoms with Crippen LogP contribution >= 0.6 is 15.9 Å². The number of aromatic nitrogens is 1. The maximum atomic E-state index is 13.0. The molecule has 144 valence electrons. The lowest BCUT2D eigenvalue weighted by molar-refractivity contribution is 0.0600. The molecule has 0 saturated heterocycles. The Hall–Kier alpha value is -2.40. The minimum Gasteiger partial charge on any atom is -0.465 e. The smallest absolute Gasteiger partial charge is 0.337 e. The molecular formula is C23H22BrNO3. The summed E-state index contributed by atoms with van der Waals surface area (Å²) in [4.78, 5) is 24.6. The van der Waals surface area contributed by atoms with Gasteiger partial charge >= 0.3 is 5.97 Å². The number of methoxy groups -OCH3 is 1. The third kappa shape index (κ3) is 3.28. The molecule has 0 spiro atoms. The lowest BCUT2D eigenvalue weighted by atomic mass is 9.75. The van der Waals surface area contributed by atoms with Gasteiger partial charge in [-0.05, 0) is 47.7 Å². The number of hydrogen-bond donors (Lipinski definition) is 0. The summed E-state index contributed by atoms with van der Waals surface area (Å²) < 4.78 is 8.00. The van der Waals surface area contributed by atoms with Crippen LogP contribution in [0, 0.1) is 5.41 Å². The predicted molar refractivity (Wildman–Crippen MR) is 113 cm³/mol. The summed E-state index contributed by atoms with van der Waals surface area (Å²) >= 11 is 3.54. The Labute approximate surface area is 172 Å². The van der Waals surface area contributed by atoms with Crippen LogP contribution in [-0.2, 0) is 17.7 Å². The first-order valence-corrected chi connectivity index (χ1v) is 10.1. The van der Waals surface area contributed by atoms with Crippen molar-refractivity contribution >= 4 is 38.6 Å². The van der Waals surface area contributed by atoms with Crippen molar-refractivity contribution in [3.8, 4) is 0 Å². The van der Waals surface area contributed by atoms with Crippen molar-refractivity contribution in [1.82, 2.24) is 4.57 Å². The van der Waals surface area contributed by atoms with E-state index in [-0.39, 0.29) is 17.2 Å². The van der Waals surface area contributed by atoms with Gasteiger partial charge in [0.2, 0.25) is 0 Å². The molecule has 0 saturated carbocycles. The molecular weight excluding hydrogens is 418 g/mol. The topological polar surface area (TPSA) is 48.3 Å². The Kier molecular flexibility index (Phi) is 4.66. The number of ether oxygens (including phenoxy) is 1. The summed E-state index contributed by atoms with van der Waals surface area (Å²) in [6, 6.07) is 13.6. The fourth-order valence-electron chi connectivity index (χ4n) is 4.14. The fraction of sp³-hybridized carbons (Fsp3) is 0.304. The van der Waals surface area contributed by atoms with E-state index in [1.54, 1.807) is 12.1 Å². The minimum absolute atomic E-state index is 0.0534. The highest BCUT2D eigenvalue weighted by atomic mass is 79.9. The predicted octanol–water partition coefficient (Wildman–Crippen LogP) is 5.39. The zero-order valence-corrected chi connectivity index (χ0v) is 17.8. The molecule has 0 unspecified atom stereocenters. The molecule has 1 heterocycles. The Morgan fingerprint density at radius 3 is 2.54 bits per heavy atom. The van der Waals surface area contributed by atoms with Crippen LogP contribution in [0.5, 0.6) is 0 Å². The lowest BCUT2D eigenvalue weighted by Gasteiger charge is -2.30. The number of fused-ring (bicyclic) bond motifs is 3. The molecule has 0 amide bonds. The number of carbonyl (C=O) groups excluding carboxylic acids is 2. The molecule has 1 aliphatic carbocycles. The van der Waals surface area contributed by atoms with Gasteiger partial charge in [-0.15, -0.1) is 0 Å². The molecule has 28 heavy (non-hydrogen) atoms. The van der Waals surface area contributed by atoms with Gasteiger partial charge in [-0.2, -0.15) is 0 Å². The van der Waals surface area contributed by atoms with Gasteiger partial charge in [0.25, 0.3) is 0 Å². The largest absolute Gasteiger partial charge is 0.465 e. The second kappa shape index (κ2) is 6.89. The number of nitrogens with zero attached hydrogens (tertiary/aromatic N) is 1. The number of carbonyl (C=O) groups is 2. The highest BCUT2D eigenvalue weighted by Gasteiger charge is 2.35. The SMILES string of the molecule is COC(=O)c1ccc(Cn2c3c(c4cc(Br)ccc42)C(=O)CC(C)(C)C3)cc1. The number of ketones is 1. The van der Waals surface area contributed by atoms with Crippen LogP contribution in [0.4, 0.5) is 0 Å². The highest BCUT2D eigenvalue weighted by Crippen LogP contribution is 2.40. The molecule has 3 aromatic rings. The first kappa shape index (κ1) is 18.9. The average Bonchev–Trinajstić information content (AvgIpc) is 2.93. The molecule has 1 aliphatic rings. The molecule has 0 aliphatic heterocycles. The van der Waals surface area contributed by atoms with Gasteiger partial charge in [0, 0.05) is 39.6 Å². The second-order valence-corrected chi connectivity index (χ2v) is 9.11. The number of esters is 1. The Bertz CT molecular complexity index is 1090. The minimum atomic E-state index is -0.340. The molecule has 4 nitrogen and oxygen atoms in total. The van der Waals surface area contributed by atoms with Crippen LogP contribution in [0.1, 0.15) is 52.2 Å². The number of rotatable bonds is 3. The lowest BCUT2D eigenvalue weighted by Crippen LogP contribution is -2.28. The summed E-state index contributed by atoms with van der Waals surface area (Å²) in [5.74, 6) is -0.123. The summed E-state index contributed by atoms with van der Waals surface area (Å²) in [7, 11) is 1.38. The summed E-state index contributed by atoms with van der Waals surface area (Å²) in [6.07, 6.45) is 1.43. The molecule has 0 radical (unpaired) electrons. The maximum Gasteiger partial charge on any atom is 0.337 e. The van der Waals surface area contributed by atoms with Crippen LogP contribution in [0.2, 0.25) is 0 Å². The van der Waals surface area contributed by atoms with E-state index in [0.717, 1.165) is 38.6 Å². The summed E-state index contributed by atoms with van der Waals surface area (Å²) in [6.45, 7) is 4.95. The van der Waals surface area contributed by atoms with Gasteiger partial charge in [-0.1, -0.05) is 41.9 Å². The van der Waals surface area contributed by atoms with Crippen LogP contribution in [0.15, 0.2) is 46.9 Å². The molecule has 5 heteroatoms. The normalized spacial score (nSPS) is 15.5. The quantitative estimate of drug-likeness (QED) is 0.513. The molecule has 0 N–H and O–H groups in total. The molecule has 0 bridgehead atoms. The maximum absolute atomic E-state index is 13.0. The van der Waals surface area contributed by atoms with Gasteiger partial charge in [0.1, 0.15) is 0 Å². The fourth-order valence-corrected chi connectivity index (χ4v) is 4.50. The van der Waals surface area contributed by atoms with Crippen molar-refractivity contribution in [1.29, 1.82) is 0 Å². The van der Waals surface area contributed by atoms with Crippen molar-refractivity contribution in [3.05, 3.63) is 69.3 Å². The van der Waals surface area contributed by atoms with Gasteiger partial charge in [-0.3, -0.25) is 4.79 Å². The van der Waals surface area contributed by atoms with E-state index >= 15 is 0 Å². The first-order valence-electron chi connectivity index (χ1n) is 9.30. The first-order chi connectivity index (χ1) is 13.3. The standard InChI is InChI=1S/C23H22BrNO3/c1-23(2)11-19-21(20(26)12-23)17-10-16(24)8-9-18(17)25(19)13-14-4-6-15(7-5-14)22(27)28-3/h4-10H,11-13H2,1-3H3. The third-order valence-electron chi connectivity index (χ3n) is 5.41. The number of halogens is 1. The van der Waals surface area contributed by atoms with Crippen LogP contribution in [0.3, 0.4) is 0 Å². The number of hydrogen-bond acceptors (Lipinski definition) is 3. The van der Waals surface area contributed by atoms with Crippen LogP contribution in [-0.4, -0.2) is 23.4 Å². The summed E-state index contributed by atoms with van der Waals surface area (Å²) in [5.41, 5.74) is 4.59. The Morgan fingerprint density at radius 1 is 1.14 bits per heavy atom. The van der Waals surface area contributed by atoms with Gasteiger partial charge < -0.3 is 9.30 Å². The van der Waals surface area contributed by atoms with Crippen molar-refractivity contribution in [2.75, 3.05) is 7.11 Å². The van der Waals surface area contributed by atoms with E-state index in [0.29, 0.717) is 18.5 Å². The Morgan fingerprint density at radius 2 is 1.86 bits per heavy atom. The van der Waals surface area contributed by atoms with Crippen LogP contribution in [0.25, 0.3) is 10.9 Å². The van der Waals surface area contributed by atoms with E-state index in [4.69, 9.17) is 4.74 Å². The number of Topliss-reactive ketones (excluding diaryl/α,β-unsaturated/α-hetero) is 1. The van der Waals surface area contributed by atoms with Gasteiger partial charge in [0.15, 0.2) is 5.78 Å². The van der Waals surface area contributed by atoms with Gasteiger partial charge in [-0.25, -0.2) is 4.79 Å².